The Balaban J connectivity index is 1.52. The van der Waals surface area contributed by atoms with Crippen LogP contribution in [0.25, 0.3) is 0 Å². The number of anilines is 1. The summed E-state index contributed by atoms with van der Waals surface area (Å²) in [6, 6.07) is 2.60. The molecular formula is C14H12F2N4O2S. The minimum atomic E-state index is -0.985. The molecule has 1 saturated carbocycles. The summed E-state index contributed by atoms with van der Waals surface area (Å²) in [5.74, 6) is -2.62. The third-order valence-corrected chi connectivity index (χ3v) is 4.20. The van der Waals surface area contributed by atoms with Crippen LogP contribution < -0.4 is 10.6 Å². The molecule has 0 bridgehead atoms. The molecule has 1 aromatic carbocycles. The van der Waals surface area contributed by atoms with Crippen molar-refractivity contribution in [3.05, 3.63) is 40.4 Å². The molecule has 3 rings (SSSR count). The minimum absolute atomic E-state index is 0.328. The average Bonchev–Trinajstić information content (AvgIpc) is 3.25. The highest BCUT2D eigenvalue weighted by molar-refractivity contribution is 7.15. The molecule has 1 aliphatic carbocycles. The Bertz CT molecular complexity index is 761. The smallest absolute Gasteiger partial charge is 0.254 e. The lowest BCUT2D eigenvalue weighted by atomic mass is 10.2. The Morgan fingerprint density at radius 2 is 2.04 bits per heavy atom. The fourth-order valence-electron chi connectivity index (χ4n) is 1.87. The van der Waals surface area contributed by atoms with E-state index in [1.54, 1.807) is 0 Å². The summed E-state index contributed by atoms with van der Waals surface area (Å²) < 4.78 is 26.2. The minimum Gasteiger partial charge on any atom is -0.343 e. The lowest BCUT2D eigenvalue weighted by Crippen LogP contribution is -2.33. The summed E-state index contributed by atoms with van der Waals surface area (Å²) in [5, 5.41) is 13.8. The second kappa shape index (κ2) is 6.37. The summed E-state index contributed by atoms with van der Waals surface area (Å²) in [4.78, 5) is 23.5. The molecule has 2 aromatic rings. The zero-order chi connectivity index (χ0) is 16.4. The van der Waals surface area contributed by atoms with E-state index in [0.29, 0.717) is 17.1 Å². The first-order chi connectivity index (χ1) is 11.0. The number of benzene rings is 1. The fourth-order valence-corrected chi connectivity index (χ4v) is 2.80. The number of halogens is 2. The van der Waals surface area contributed by atoms with E-state index in [0.717, 1.165) is 30.0 Å². The first-order valence-corrected chi connectivity index (χ1v) is 7.71. The molecule has 1 heterocycles. The Hall–Kier alpha value is -2.42. The van der Waals surface area contributed by atoms with Gasteiger partial charge in [0.25, 0.3) is 5.91 Å². The molecule has 0 unspecified atom stereocenters. The first kappa shape index (κ1) is 15.5. The second-order valence-electron chi connectivity index (χ2n) is 5.07. The van der Waals surface area contributed by atoms with E-state index in [2.05, 4.69) is 20.8 Å². The molecule has 23 heavy (non-hydrogen) atoms. The van der Waals surface area contributed by atoms with Gasteiger partial charge in [0.1, 0.15) is 16.6 Å². The number of rotatable bonds is 5. The van der Waals surface area contributed by atoms with E-state index < -0.39 is 23.4 Å². The quantitative estimate of drug-likeness (QED) is 0.874. The molecule has 0 atom stereocenters. The van der Waals surface area contributed by atoms with Crippen LogP contribution in [0.15, 0.2) is 18.2 Å². The van der Waals surface area contributed by atoms with Gasteiger partial charge in [-0.3, -0.25) is 14.9 Å². The van der Waals surface area contributed by atoms with Crippen molar-refractivity contribution >= 4 is 28.3 Å². The normalized spacial score (nSPS) is 13.7. The molecule has 1 aromatic heterocycles. The Kier molecular flexibility index (Phi) is 4.28. The number of nitrogens with zero attached hydrogens (tertiary/aromatic N) is 2. The zero-order valence-electron chi connectivity index (χ0n) is 11.8. The average molecular weight is 338 g/mol. The van der Waals surface area contributed by atoms with Crippen molar-refractivity contribution in [2.24, 2.45) is 0 Å². The number of hydrogen-bond donors (Lipinski definition) is 2. The molecule has 1 fully saturated rings. The van der Waals surface area contributed by atoms with E-state index >= 15 is 0 Å². The largest absolute Gasteiger partial charge is 0.343 e. The van der Waals surface area contributed by atoms with Crippen LogP contribution in [0.2, 0.25) is 0 Å². The van der Waals surface area contributed by atoms with Crippen molar-refractivity contribution in [3.8, 4) is 0 Å². The van der Waals surface area contributed by atoms with Crippen molar-refractivity contribution < 1.29 is 18.4 Å². The van der Waals surface area contributed by atoms with Crippen LogP contribution in [-0.2, 0) is 4.79 Å². The number of carbonyl (C=O) groups excluding carboxylic acids is 2. The Labute approximate surface area is 133 Å². The van der Waals surface area contributed by atoms with Crippen LogP contribution in [-0.4, -0.2) is 28.6 Å². The van der Waals surface area contributed by atoms with Gasteiger partial charge in [0.15, 0.2) is 0 Å². The highest BCUT2D eigenvalue weighted by Gasteiger charge is 2.27. The van der Waals surface area contributed by atoms with Crippen LogP contribution in [0.4, 0.5) is 13.9 Å². The number of hydrogen-bond acceptors (Lipinski definition) is 5. The first-order valence-electron chi connectivity index (χ1n) is 6.89. The maximum atomic E-state index is 13.4. The molecular weight excluding hydrogens is 326 g/mol. The van der Waals surface area contributed by atoms with Gasteiger partial charge in [0.2, 0.25) is 11.0 Å². The third kappa shape index (κ3) is 3.86. The summed E-state index contributed by atoms with van der Waals surface area (Å²) in [7, 11) is 0. The maximum Gasteiger partial charge on any atom is 0.254 e. The summed E-state index contributed by atoms with van der Waals surface area (Å²) in [6.45, 7) is -0.353. The van der Waals surface area contributed by atoms with Crippen molar-refractivity contribution in [1.82, 2.24) is 15.5 Å². The van der Waals surface area contributed by atoms with E-state index in [1.807, 2.05) is 0 Å². The van der Waals surface area contributed by atoms with Gasteiger partial charge in [0.05, 0.1) is 12.1 Å². The molecule has 0 radical (unpaired) electrons. The topological polar surface area (TPSA) is 84.0 Å². The number of amides is 2. The summed E-state index contributed by atoms with van der Waals surface area (Å²) in [6.07, 6.45) is 2.17. The third-order valence-electron chi connectivity index (χ3n) is 3.20. The summed E-state index contributed by atoms with van der Waals surface area (Å²) >= 11 is 1.30. The van der Waals surface area contributed by atoms with Gasteiger partial charge in [0, 0.05) is 12.0 Å². The monoisotopic (exact) mass is 338 g/mol. The van der Waals surface area contributed by atoms with Crippen molar-refractivity contribution in [2.45, 2.75) is 18.8 Å². The van der Waals surface area contributed by atoms with Gasteiger partial charge >= 0.3 is 0 Å². The Morgan fingerprint density at radius 1 is 1.26 bits per heavy atom. The molecule has 1 aliphatic rings. The van der Waals surface area contributed by atoms with Gasteiger partial charge in [-0.2, -0.15) is 0 Å². The van der Waals surface area contributed by atoms with Crippen LogP contribution in [0.3, 0.4) is 0 Å². The maximum absolute atomic E-state index is 13.4. The van der Waals surface area contributed by atoms with Gasteiger partial charge in [-0.25, -0.2) is 8.78 Å². The lowest BCUT2D eigenvalue weighted by Gasteiger charge is -2.05. The number of carbonyl (C=O) groups is 2. The molecule has 2 N–H and O–H groups in total. The standard InChI is InChI=1S/C14H12F2N4O2S/c15-8-3-4-9(10(16)5-8)12(22)17-6-11(21)18-14-20-19-13(23-14)7-1-2-7/h3-5,7H,1-2,6H2,(H,17,22)(H,18,20,21). The second-order valence-corrected chi connectivity index (χ2v) is 6.08. The zero-order valence-corrected chi connectivity index (χ0v) is 12.6. The molecule has 0 saturated heterocycles. The van der Waals surface area contributed by atoms with Crippen LogP contribution in [0.1, 0.15) is 34.1 Å². The molecule has 0 aliphatic heterocycles. The van der Waals surface area contributed by atoms with Crippen molar-refractivity contribution in [2.75, 3.05) is 11.9 Å². The van der Waals surface area contributed by atoms with Gasteiger partial charge in [-0.05, 0) is 25.0 Å². The van der Waals surface area contributed by atoms with E-state index in [9.17, 15) is 18.4 Å². The SMILES string of the molecule is O=C(CNC(=O)c1ccc(F)cc1F)Nc1nnc(C2CC2)s1. The van der Waals surface area contributed by atoms with Gasteiger partial charge in [-0.1, -0.05) is 11.3 Å². The fraction of sp³-hybridized carbons (Fsp3) is 0.286. The van der Waals surface area contributed by atoms with Crippen molar-refractivity contribution in [3.63, 3.8) is 0 Å². The van der Waals surface area contributed by atoms with Gasteiger partial charge < -0.3 is 5.32 Å². The Morgan fingerprint density at radius 3 is 2.74 bits per heavy atom. The summed E-state index contributed by atoms with van der Waals surface area (Å²) in [5.41, 5.74) is -0.328. The molecule has 2 amide bonds. The molecule has 9 heteroatoms. The highest BCUT2D eigenvalue weighted by atomic mass is 32.1. The molecule has 120 valence electrons. The lowest BCUT2D eigenvalue weighted by molar-refractivity contribution is -0.115. The van der Waals surface area contributed by atoms with Gasteiger partial charge in [-0.15, -0.1) is 10.2 Å². The molecule has 0 spiro atoms. The predicted molar refractivity (Wildman–Crippen MR) is 79.2 cm³/mol. The van der Waals surface area contributed by atoms with Crippen LogP contribution in [0, 0.1) is 11.6 Å². The number of aromatic nitrogens is 2. The van der Waals surface area contributed by atoms with E-state index in [-0.39, 0.29) is 12.1 Å². The van der Waals surface area contributed by atoms with Crippen molar-refractivity contribution in [1.29, 1.82) is 0 Å². The van der Waals surface area contributed by atoms with E-state index in [4.69, 9.17) is 0 Å². The van der Waals surface area contributed by atoms with E-state index in [1.165, 1.54) is 11.3 Å². The van der Waals surface area contributed by atoms with Crippen LogP contribution in [0.5, 0.6) is 0 Å². The number of nitrogens with one attached hydrogen (secondary N) is 2. The highest BCUT2D eigenvalue weighted by Crippen LogP contribution is 2.41. The molecule has 6 nitrogen and oxygen atoms in total. The van der Waals surface area contributed by atoms with Crippen LogP contribution >= 0.6 is 11.3 Å². The predicted octanol–water partition coefficient (Wildman–Crippen LogP) is 2.06.